The van der Waals surface area contributed by atoms with Gasteiger partial charge in [0, 0.05) is 4.88 Å². The Morgan fingerprint density at radius 1 is 1.17 bits per heavy atom. The fourth-order valence-electron chi connectivity index (χ4n) is 3.31. The number of ether oxygens (including phenoxy) is 3. The number of carboxylic acids is 1. The van der Waals surface area contributed by atoms with E-state index in [4.69, 9.17) is 19.3 Å². The van der Waals surface area contributed by atoms with Gasteiger partial charge in [0.25, 0.3) is 0 Å². The molecule has 30 heavy (non-hydrogen) atoms. The van der Waals surface area contributed by atoms with Crippen molar-refractivity contribution >= 4 is 55.0 Å². The second kappa shape index (κ2) is 10.3. The van der Waals surface area contributed by atoms with Crippen LogP contribution in [0.25, 0.3) is 10.4 Å². The van der Waals surface area contributed by atoms with E-state index in [1.54, 1.807) is 11.3 Å². The summed E-state index contributed by atoms with van der Waals surface area (Å²) >= 11 is 1.74. The quantitative estimate of drug-likeness (QED) is 0.528. The average molecular weight is 453 g/mol. The zero-order valence-electron chi connectivity index (χ0n) is 16.1. The summed E-state index contributed by atoms with van der Waals surface area (Å²) in [6, 6.07) is 18.1. The van der Waals surface area contributed by atoms with Gasteiger partial charge in [-0.1, -0.05) is 30.3 Å². The van der Waals surface area contributed by atoms with Crippen LogP contribution in [0.3, 0.4) is 0 Å². The van der Waals surface area contributed by atoms with Crippen LogP contribution in [0.5, 0.6) is 5.75 Å². The molecule has 3 aromatic rings. The summed E-state index contributed by atoms with van der Waals surface area (Å²) in [6.45, 7) is 2.96. The van der Waals surface area contributed by atoms with Crippen molar-refractivity contribution in [1.82, 2.24) is 0 Å². The van der Waals surface area contributed by atoms with Crippen molar-refractivity contribution in [3.8, 4) is 16.2 Å². The molecule has 1 N–H and O–H groups in total. The van der Waals surface area contributed by atoms with Crippen LogP contribution in [-0.4, -0.2) is 68.6 Å². The molecule has 0 amide bonds. The molecule has 2 heterocycles. The molecule has 0 radical (unpaired) electrons. The molecule has 154 valence electrons. The molecule has 0 bridgehead atoms. The zero-order valence-corrected chi connectivity index (χ0v) is 16.9. The van der Waals surface area contributed by atoms with Crippen LogP contribution in [0.15, 0.2) is 60.0 Å². The number of aryl methyl sites for hydroxylation is 1. The molecule has 1 aromatic heterocycles. The minimum absolute atomic E-state index is 0. The zero-order chi connectivity index (χ0) is 20.3. The van der Waals surface area contributed by atoms with Gasteiger partial charge >= 0.3 is 43.7 Å². The molecular formula is C23H24CaO5S. The van der Waals surface area contributed by atoms with Crippen LogP contribution in [0.1, 0.15) is 16.7 Å². The van der Waals surface area contributed by atoms with Crippen molar-refractivity contribution in [1.29, 1.82) is 0 Å². The normalized spacial score (nSPS) is 14.4. The maximum atomic E-state index is 10.8. The molecule has 0 spiro atoms. The Hall–Kier alpha value is -1.41. The number of hydrogen-bond acceptors (Lipinski definition) is 5. The number of rotatable bonds is 8. The monoisotopic (exact) mass is 452 g/mol. The number of aliphatic carboxylic acids is 1. The summed E-state index contributed by atoms with van der Waals surface area (Å²) in [5.74, 6) is -0.240. The van der Waals surface area contributed by atoms with Gasteiger partial charge in [-0.25, -0.2) is 4.79 Å². The maximum absolute atomic E-state index is 10.8. The Morgan fingerprint density at radius 2 is 1.93 bits per heavy atom. The Bertz CT molecular complexity index is 995. The van der Waals surface area contributed by atoms with Crippen molar-refractivity contribution in [3.63, 3.8) is 0 Å². The first kappa shape index (κ1) is 23.3. The van der Waals surface area contributed by atoms with Crippen molar-refractivity contribution < 1.29 is 24.1 Å². The molecule has 0 atom stereocenters. The molecule has 7 heteroatoms. The van der Waals surface area contributed by atoms with E-state index in [-0.39, 0.29) is 44.3 Å². The number of benzene rings is 2. The summed E-state index contributed by atoms with van der Waals surface area (Å²) < 4.78 is 16.8. The van der Waals surface area contributed by atoms with Crippen molar-refractivity contribution in [2.75, 3.05) is 19.8 Å². The summed E-state index contributed by atoms with van der Waals surface area (Å²) in [5, 5.41) is 11.0. The van der Waals surface area contributed by atoms with E-state index in [2.05, 4.69) is 42.6 Å². The first-order chi connectivity index (χ1) is 14.1. The molecule has 1 aliphatic rings. The average Bonchev–Trinajstić information content (AvgIpc) is 3.12. The van der Waals surface area contributed by atoms with E-state index < -0.39 is 11.6 Å². The third-order valence-electron chi connectivity index (χ3n) is 4.98. The topological polar surface area (TPSA) is 65.0 Å². The van der Waals surface area contributed by atoms with Crippen LogP contribution < -0.4 is 4.74 Å². The van der Waals surface area contributed by atoms with E-state index in [0.29, 0.717) is 19.8 Å². The molecule has 5 nitrogen and oxygen atoms in total. The van der Waals surface area contributed by atoms with Crippen LogP contribution in [0.4, 0.5) is 0 Å². The van der Waals surface area contributed by atoms with E-state index in [9.17, 15) is 4.79 Å². The standard InChI is InChI=1S/C23H22O5S.Ca.2H/c1-16-9-10-29-22(16)18-4-2-3-17(11-18)12-27-20-7-5-19(6-8-20)23(14-26-15-23)28-13-21(24)25;;;/h2-11H,12-15H2,1H3,(H,24,25);;;. The molecular weight excluding hydrogens is 428 g/mol. The van der Waals surface area contributed by atoms with Gasteiger partial charge < -0.3 is 19.3 Å². The predicted molar refractivity (Wildman–Crippen MR) is 120 cm³/mol. The van der Waals surface area contributed by atoms with Crippen molar-refractivity contribution in [2.24, 2.45) is 0 Å². The Kier molecular flexibility index (Phi) is 7.96. The van der Waals surface area contributed by atoms with Crippen LogP contribution in [0.2, 0.25) is 0 Å². The SMILES string of the molecule is Cc1ccsc1-c1cccc(COc2ccc(C3(OCC(=O)O)COC3)cc2)c1.[CaH2]. The summed E-state index contributed by atoms with van der Waals surface area (Å²) in [4.78, 5) is 12.1. The second-order valence-corrected chi connectivity index (χ2v) is 8.03. The van der Waals surface area contributed by atoms with Gasteiger partial charge in [-0.3, -0.25) is 0 Å². The summed E-state index contributed by atoms with van der Waals surface area (Å²) in [6.07, 6.45) is 0. The van der Waals surface area contributed by atoms with Crippen LogP contribution in [-0.2, 0) is 26.5 Å². The Balaban J connectivity index is 0.00000256. The number of carboxylic acid groups (broad SMARTS) is 1. The first-order valence-corrected chi connectivity index (χ1v) is 10.2. The second-order valence-electron chi connectivity index (χ2n) is 7.12. The summed E-state index contributed by atoms with van der Waals surface area (Å²) in [7, 11) is 0. The third-order valence-corrected chi connectivity index (χ3v) is 6.05. The van der Waals surface area contributed by atoms with Gasteiger partial charge in [-0.15, -0.1) is 11.3 Å². The van der Waals surface area contributed by atoms with E-state index >= 15 is 0 Å². The van der Waals surface area contributed by atoms with Crippen molar-refractivity contribution in [2.45, 2.75) is 19.1 Å². The molecule has 0 unspecified atom stereocenters. The molecule has 1 fully saturated rings. The Morgan fingerprint density at radius 3 is 2.53 bits per heavy atom. The molecule has 1 saturated heterocycles. The van der Waals surface area contributed by atoms with E-state index in [0.717, 1.165) is 16.9 Å². The summed E-state index contributed by atoms with van der Waals surface area (Å²) in [5.41, 5.74) is 3.81. The van der Waals surface area contributed by atoms with E-state index in [1.807, 2.05) is 24.3 Å². The predicted octanol–water partition coefficient (Wildman–Crippen LogP) is 3.71. The van der Waals surface area contributed by atoms with Gasteiger partial charge in [-0.05, 0) is 58.8 Å². The van der Waals surface area contributed by atoms with Gasteiger partial charge in [0.05, 0.1) is 13.2 Å². The fourth-order valence-corrected chi connectivity index (χ4v) is 4.24. The minimum atomic E-state index is -0.990. The number of hydrogen-bond donors (Lipinski definition) is 1. The van der Waals surface area contributed by atoms with Crippen LogP contribution in [0, 0.1) is 6.92 Å². The fraction of sp³-hybridized carbons (Fsp3) is 0.261. The number of carbonyl (C=O) groups is 1. The van der Waals surface area contributed by atoms with Crippen molar-refractivity contribution in [3.05, 3.63) is 76.7 Å². The van der Waals surface area contributed by atoms with Gasteiger partial charge in [0.2, 0.25) is 0 Å². The van der Waals surface area contributed by atoms with Gasteiger partial charge in [0.1, 0.15) is 24.6 Å². The van der Waals surface area contributed by atoms with Gasteiger partial charge in [-0.2, -0.15) is 0 Å². The molecule has 1 aliphatic heterocycles. The molecule has 4 rings (SSSR count). The van der Waals surface area contributed by atoms with Crippen LogP contribution >= 0.6 is 11.3 Å². The first-order valence-electron chi connectivity index (χ1n) is 9.36. The third kappa shape index (κ3) is 5.25. The molecule has 0 aliphatic carbocycles. The van der Waals surface area contributed by atoms with Gasteiger partial charge in [0.15, 0.2) is 0 Å². The Labute approximate surface area is 209 Å². The van der Waals surface area contributed by atoms with E-state index in [1.165, 1.54) is 16.0 Å². The molecule has 0 saturated carbocycles. The molecule has 2 aromatic carbocycles. The number of thiophene rings is 1.